The maximum absolute atomic E-state index is 13.7. The molecular weight excluding hydrogens is 483 g/mol. The number of carbonyl (C=O) groups excluding carboxylic acids is 1. The van der Waals surface area contributed by atoms with Crippen molar-refractivity contribution in [2.24, 2.45) is 5.92 Å². The molecule has 0 aliphatic heterocycles. The number of fused-ring (bicyclic) bond motifs is 2. The summed E-state index contributed by atoms with van der Waals surface area (Å²) in [7, 11) is 0. The van der Waals surface area contributed by atoms with Crippen LogP contribution in [-0.2, 0) is 22.4 Å². The maximum Gasteiger partial charge on any atom is 0.326 e. The van der Waals surface area contributed by atoms with Gasteiger partial charge in [0.05, 0.1) is 5.92 Å². The van der Waals surface area contributed by atoms with E-state index >= 15 is 0 Å². The van der Waals surface area contributed by atoms with E-state index in [0.717, 1.165) is 22.9 Å². The average molecular weight is 505 g/mol. The van der Waals surface area contributed by atoms with E-state index in [1.165, 1.54) is 17.7 Å². The second-order valence-electron chi connectivity index (χ2n) is 7.88. The van der Waals surface area contributed by atoms with Crippen LogP contribution in [0.1, 0.15) is 29.0 Å². The van der Waals surface area contributed by atoms with Crippen LogP contribution in [0.5, 0.6) is 0 Å². The highest BCUT2D eigenvalue weighted by Crippen LogP contribution is 2.40. The van der Waals surface area contributed by atoms with Gasteiger partial charge in [-0.3, -0.25) is 4.79 Å². The number of halogens is 2. The summed E-state index contributed by atoms with van der Waals surface area (Å²) in [5.74, 6) is -1.98. The van der Waals surface area contributed by atoms with Crippen LogP contribution in [0, 0.1) is 11.7 Å². The summed E-state index contributed by atoms with van der Waals surface area (Å²) in [6, 6.07) is 9.24. The quantitative estimate of drug-likeness (QED) is 0.358. The molecule has 5 nitrogen and oxygen atoms in total. The van der Waals surface area contributed by atoms with E-state index in [4.69, 9.17) is 0 Å². The van der Waals surface area contributed by atoms with E-state index in [0.29, 0.717) is 22.2 Å². The smallest absolute Gasteiger partial charge is 0.326 e. The van der Waals surface area contributed by atoms with Crippen LogP contribution in [0.3, 0.4) is 0 Å². The monoisotopic (exact) mass is 504 g/mol. The first-order valence-corrected chi connectivity index (χ1v) is 11.5. The predicted molar refractivity (Wildman–Crippen MR) is 124 cm³/mol. The topological polar surface area (TPSA) is 82.2 Å². The summed E-state index contributed by atoms with van der Waals surface area (Å²) in [5.41, 5.74) is 3.68. The van der Waals surface area contributed by atoms with Gasteiger partial charge in [-0.2, -0.15) is 12.6 Å². The number of benzene rings is 2. The Kier molecular flexibility index (Phi) is 6.39. The summed E-state index contributed by atoms with van der Waals surface area (Å²) in [4.78, 5) is 28.0. The fourth-order valence-electron chi connectivity index (χ4n) is 4.45. The van der Waals surface area contributed by atoms with Crippen molar-refractivity contribution in [1.82, 2.24) is 10.3 Å². The Labute approximate surface area is 193 Å². The second kappa shape index (κ2) is 9.04. The number of hydrogen-bond donors (Lipinski definition) is 4. The van der Waals surface area contributed by atoms with Crippen LogP contribution in [0.2, 0.25) is 0 Å². The number of aromatic nitrogens is 1. The highest BCUT2D eigenvalue weighted by Gasteiger charge is 2.35. The van der Waals surface area contributed by atoms with Gasteiger partial charge in [0.2, 0.25) is 5.91 Å². The van der Waals surface area contributed by atoms with Crippen LogP contribution >= 0.6 is 28.6 Å². The van der Waals surface area contributed by atoms with Crippen LogP contribution in [0.15, 0.2) is 47.1 Å². The second-order valence-corrected chi connectivity index (χ2v) is 9.17. The van der Waals surface area contributed by atoms with Crippen molar-refractivity contribution < 1.29 is 19.1 Å². The number of carboxylic acids is 1. The van der Waals surface area contributed by atoms with Gasteiger partial charge in [-0.1, -0.05) is 22.0 Å². The van der Waals surface area contributed by atoms with E-state index in [2.05, 4.69) is 44.9 Å². The van der Waals surface area contributed by atoms with Crippen LogP contribution in [0.25, 0.3) is 10.9 Å². The van der Waals surface area contributed by atoms with Gasteiger partial charge < -0.3 is 15.4 Å². The Morgan fingerprint density at radius 1 is 1.29 bits per heavy atom. The predicted octanol–water partition coefficient (Wildman–Crippen LogP) is 4.46. The van der Waals surface area contributed by atoms with Crippen LogP contribution in [-0.4, -0.2) is 33.8 Å². The molecule has 3 N–H and O–H groups in total. The fraction of sp³-hybridized carbons (Fsp3) is 0.304. The number of aliphatic carboxylic acids is 1. The molecule has 3 atom stereocenters. The lowest BCUT2D eigenvalue weighted by molar-refractivity contribution is -0.142. The van der Waals surface area contributed by atoms with Gasteiger partial charge in [-0.25, -0.2) is 9.18 Å². The zero-order valence-electron chi connectivity index (χ0n) is 16.6. The molecule has 1 amide bonds. The van der Waals surface area contributed by atoms with Gasteiger partial charge >= 0.3 is 5.97 Å². The maximum atomic E-state index is 13.7. The number of rotatable bonds is 7. The lowest BCUT2D eigenvalue weighted by atomic mass is 9.87. The van der Waals surface area contributed by atoms with Gasteiger partial charge in [-0.15, -0.1) is 0 Å². The molecule has 0 spiro atoms. The van der Waals surface area contributed by atoms with Crippen LogP contribution in [0.4, 0.5) is 4.39 Å². The van der Waals surface area contributed by atoms with E-state index in [-0.39, 0.29) is 18.2 Å². The molecule has 0 radical (unpaired) electrons. The molecule has 1 heterocycles. The molecule has 0 bridgehead atoms. The number of aryl methyl sites for hydroxylation is 1. The first-order chi connectivity index (χ1) is 14.9. The number of H-pyrrole nitrogens is 1. The zero-order chi connectivity index (χ0) is 22.1. The number of hydrogen-bond acceptors (Lipinski definition) is 3. The molecule has 162 valence electrons. The lowest BCUT2D eigenvalue weighted by Gasteiger charge is -2.24. The minimum Gasteiger partial charge on any atom is -0.480 e. The third-order valence-electron chi connectivity index (χ3n) is 6.02. The SMILES string of the molecule is O=C(O)C(Cc1c[nH]c2ccc(F)cc12)NC(=O)[C@@H](CS)C1CCc2cc(Br)ccc21. The van der Waals surface area contributed by atoms with Crippen molar-refractivity contribution in [2.75, 3.05) is 5.75 Å². The Bertz CT molecular complexity index is 1150. The van der Waals surface area contributed by atoms with Crippen molar-refractivity contribution in [2.45, 2.75) is 31.2 Å². The Hall–Kier alpha value is -2.32. The molecule has 0 fully saturated rings. The molecule has 2 unspecified atom stereocenters. The molecule has 4 rings (SSSR count). The molecule has 8 heteroatoms. The molecule has 1 aliphatic carbocycles. The minimum atomic E-state index is -1.13. The Morgan fingerprint density at radius 2 is 2.10 bits per heavy atom. The summed E-state index contributed by atoms with van der Waals surface area (Å²) >= 11 is 7.88. The van der Waals surface area contributed by atoms with Crippen LogP contribution < -0.4 is 5.32 Å². The molecule has 2 aromatic carbocycles. The third kappa shape index (κ3) is 4.50. The number of amides is 1. The minimum absolute atomic E-state index is 0.00257. The van der Waals surface area contributed by atoms with Crippen molar-refractivity contribution in [3.05, 3.63) is 69.6 Å². The van der Waals surface area contributed by atoms with Gasteiger partial charge in [0.1, 0.15) is 11.9 Å². The van der Waals surface area contributed by atoms with E-state index in [1.807, 2.05) is 12.1 Å². The Morgan fingerprint density at radius 3 is 2.84 bits per heavy atom. The van der Waals surface area contributed by atoms with Crippen molar-refractivity contribution in [3.63, 3.8) is 0 Å². The standard InChI is InChI=1S/C23H22BrFN2O3S/c24-14-2-5-16-12(7-14)1-4-17(16)19(11-31)22(28)27-21(23(29)30)8-13-10-26-20-6-3-15(25)9-18(13)20/h2-3,5-7,9-10,17,19,21,26,31H,1,4,8,11H2,(H,27,28)(H,29,30)/t17?,19-,21?/m0/s1. The van der Waals surface area contributed by atoms with Crippen molar-refractivity contribution in [3.8, 4) is 0 Å². The van der Waals surface area contributed by atoms with Gasteiger partial charge in [0.15, 0.2) is 0 Å². The van der Waals surface area contributed by atoms with E-state index in [9.17, 15) is 19.1 Å². The average Bonchev–Trinajstić information content (AvgIpc) is 3.32. The highest BCUT2D eigenvalue weighted by molar-refractivity contribution is 9.10. The largest absolute Gasteiger partial charge is 0.480 e. The summed E-state index contributed by atoms with van der Waals surface area (Å²) in [6.45, 7) is 0. The summed E-state index contributed by atoms with van der Waals surface area (Å²) in [6.07, 6.45) is 3.41. The third-order valence-corrected chi connectivity index (χ3v) is 6.90. The number of aromatic amines is 1. The number of carboxylic acid groups (broad SMARTS) is 1. The van der Waals surface area contributed by atoms with E-state index in [1.54, 1.807) is 12.3 Å². The first-order valence-electron chi connectivity index (χ1n) is 10.0. The fourth-order valence-corrected chi connectivity index (χ4v) is 5.28. The van der Waals surface area contributed by atoms with Crippen molar-refractivity contribution in [1.29, 1.82) is 0 Å². The number of nitrogens with one attached hydrogen (secondary N) is 2. The highest BCUT2D eigenvalue weighted by atomic mass is 79.9. The normalized spacial score (nSPS) is 17.3. The molecule has 31 heavy (non-hydrogen) atoms. The number of thiol groups is 1. The lowest BCUT2D eigenvalue weighted by Crippen LogP contribution is -2.46. The Balaban J connectivity index is 1.53. The molecule has 1 aromatic heterocycles. The molecule has 3 aromatic rings. The summed E-state index contributed by atoms with van der Waals surface area (Å²) in [5, 5.41) is 13.0. The van der Waals surface area contributed by atoms with Gasteiger partial charge in [-0.05, 0) is 65.8 Å². The van der Waals surface area contributed by atoms with E-state index < -0.39 is 23.7 Å². The zero-order valence-corrected chi connectivity index (χ0v) is 19.0. The number of carbonyl (C=O) groups is 2. The first kappa shape index (κ1) is 21.9. The summed E-state index contributed by atoms with van der Waals surface area (Å²) < 4.78 is 14.7. The van der Waals surface area contributed by atoms with Gasteiger partial charge in [0.25, 0.3) is 0 Å². The molecule has 0 saturated heterocycles. The van der Waals surface area contributed by atoms with Crippen molar-refractivity contribution >= 4 is 51.3 Å². The van der Waals surface area contributed by atoms with Gasteiger partial charge in [0, 0.05) is 33.7 Å². The molecule has 1 aliphatic rings. The molecular formula is C23H22BrFN2O3S. The molecule has 0 saturated carbocycles.